The Morgan fingerprint density at radius 2 is 2.00 bits per heavy atom. The fourth-order valence-electron chi connectivity index (χ4n) is 2.15. The molecule has 0 radical (unpaired) electrons. The minimum atomic E-state index is -3.55. The molecule has 0 aliphatic carbocycles. The maximum atomic E-state index is 12.5. The van der Waals surface area contributed by atoms with Crippen molar-refractivity contribution < 1.29 is 8.42 Å². The highest BCUT2D eigenvalue weighted by Gasteiger charge is 2.21. The van der Waals surface area contributed by atoms with Gasteiger partial charge in [0, 0.05) is 25.0 Å². The molecule has 0 amide bonds. The molecule has 2 unspecified atom stereocenters. The van der Waals surface area contributed by atoms with Crippen molar-refractivity contribution in [3.8, 4) is 0 Å². The first-order chi connectivity index (χ1) is 9.90. The summed E-state index contributed by atoms with van der Waals surface area (Å²) in [7, 11) is -3.55. The number of anilines is 1. The molecule has 5 nitrogen and oxygen atoms in total. The highest BCUT2D eigenvalue weighted by Crippen LogP contribution is 2.20. The normalized spacial score (nSPS) is 14.7. The van der Waals surface area contributed by atoms with E-state index in [1.165, 1.54) is 6.20 Å². The van der Waals surface area contributed by atoms with Gasteiger partial charge in [-0.25, -0.2) is 13.1 Å². The van der Waals surface area contributed by atoms with E-state index in [0.717, 1.165) is 25.8 Å². The summed E-state index contributed by atoms with van der Waals surface area (Å²) < 4.78 is 27.8. The molecule has 0 bridgehead atoms. The monoisotopic (exact) mass is 313 g/mol. The molecule has 1 rings (SSSR count). The number of nitrogens with zero attached hydrogens (tertiary/aromatic N) is 1. The molecule has 2 N–H and O–H groups in total. The average molecular weight is 313 g/mol. The molecule has 0 saturated heterocycles. The number of aromatic nitrogens is 1. The number of rotatable bonds is 9. The zero-order valence-electron chi connectivity index (χ0n) is 13.4. The third-order valence-corrected chi connectivity index (χ3v) is 5.07. The molecule has 0 spiro atoms. The van der Waals surface area contributed by atoms with Crippen molar-refractivity contribution in [2.24, 2.45) is 5.92 Å². The molecule has 1 aromatic rings. The van der Waals surface area contributed by atoms with Crippen LogP contribution in [0.15, 0.2) is 23.4 Å². The van der Waals surface area contributed by atoms with Crippen molar-refractivity contribution in [2.75, 3.05) is 11.9 Å². The maximum absolute atomic E-state index is 12.5. The Morgan fingerprint density at radius 1 is 1.29 bits per heavy atom. The SMILES string of the molecule is CCCNc1ccncc1S(=O)(=O)NC(C)CC(C)CC. The second-order valence-electron chi connectivity index (χ2n) is 5.57. The van der Waals surface area contributed by atoms with Crippen molar-refractivity contribution in [3.63, 3.8) is 0 Å². The zero-order valence-corrected chi connectivity index (χ0v) is 14.2. The van der Waals surface area contributed by atoms with Gasteiger partial charge in [-0.1, -0.05) is 27.2 Å². The van der Waals surface area contributed by atoms with E-state index in [0.29, 0.717) is 11.6 Å². The van der Waals surface area contributed by atoms with Gasteiger partial charge >= 0.3 is 0 Å². The summed E-state index contributed by atoms with van der Waals surface area (Å²) in [5.41, 5.74) is 0.607. The summed E-state index contributed by atoms with van der Waals surface area (Å²) in [5.74, 6) is 0.495. The molecule has 0 fully saturated rings. The highest BCUT2D eigenvalue weighted by molar-refractivity contribution is 7.89. The van der Waals surface area contributed by atoms with Crippen molar-refractivity contribution in [2.45, 2.75) is 57.9 Å². The lowest BCUT2D eigenvalue weighted by Crippen LogP contribution is -2.34. The van der Waals surface area contributed by atoms with E-state index in [4.69, 9.17) is 0 Å². The summed E-state index contributed by atoms with van der Waals surface area (Å²) >= 11 is 0. The van der Waals surface area contributed by atoms with E-state index >= 15 is 0 Å². The topological polar surface area (TPSA) is 71.1 Å². The molecule has 0 saturated carbocycles. The molecule has 6 heteroatoms. The summed E-state index contributed by atoms with van der Waals surface area (Å²) in [5, 5.41) is 3.14. The van der Waals surface area contributed by atoms with Crippen LogP contribution in [-0.4, -0.2) is 26.0 Å². The van der Waals surface area contributed by atoms with Crippen LogP contribution in [-0.2, 0) is 10.0 Å². The van der Waals surface area contributed by atoms with Crippen molar-refractivity contribution in [1.29, 1.82) is 0 Å². The Kier molecular flexibility index (Phi) is 7.11. The third kappa shape index (κ3) is 5.63. The molecular formula is C15H27N3O2S. The summed E-state index contributed by atoms with van der Waals surface area (Å²) in [4.78, 5) is 4.16. The van der Waals surface area contributed by atoms with Crippen LogP contribution in [0.1, 0.15) is 47.0 Å². The number of sulfonamides is 1. The quantitative estimate of drug-likeness (QED) is 0.735. The molecule has 120 valence electrons. The van der Waals surface area contributed by atoms with E-state index in [9.17, 15) is 8.42 Å². The van der Waals surface area contributed by atoms with Crippen LogP contribution in [0.5, 0.6) is 0 Å². The fraction of sp³-hybridized carbons (Fsp3) is 0.667. The smallest absolute Gasteiger partial charge is 0.244 e. The van der Waals surface area contributed by atoms with Gasteiger partial charge in [-0.2, -0.15) is 0 Å². The molecule has 0 aromatic carbocycles. The van der Waals surface area contributed by atoms with Gasteiger partial charge < -0.3 is 5.32 Å². The van der Waals surface area contributed by atoms with E-state index in [2.05, 4.69) is 28.9 Å². The molecule has 21 heavy (non-hydrogen) atoms. The molecule has 2 atom stereocenters. The van der Waals surface area contributed by atoms with Crippen LogP contribution in [0.25, 0.3) is 0 Å². The standard InChI is InChI=1S/C15H27N3O2S/c1-5-8-17-14-7-9-16-11-15(14)21(19,20)18-13(4)10-12(3)6-2/h7,9,11-13,18H,5-6,8,10H2,1-4H3,(H,16,17). The van der Waals surface area contributed by atoms with E-state index in [1.54, 1.807) is 12.3 Å². The lowest BCUT2D eigenvalue weighted by molar-refractivity contribution is 0.445. The second-order valence-corrected chi connectivity index (χ2v) is 7.25. The van der Waals surface area contributed by atoms with Gasteiger partial charge in [-0.05, 0) is 31.7 Å². The Labute approximate surface area is 128 Å². The predicted molar refractivity (Wildman–Crippen MR) is 86.9 cm³/mol. The molecular weight excluding hydrogens is 286 g/mol. The third-order valence-electron chi connectivity index (χ3n) is 3.45. The summed E-state index contributed by atoms with van der Waals surface area (Å²) in [6.07, 6.45) is 5.80. The van der Waals surface area contributed by atoms with Gasteiger partial charge in [0.1, 0.15) is 4.90 Å². The van der Waals surface area contributed by atoms with Gasteiger partial charge in [-0.3, -0.25) is 4.98 Å². The lowest BCUT2D eigenvalue weighted by Gasteiger charge is -2.19. The molecule has 1 aromatic heterocycles. The summed E-state index contributed by atoms with van der Waals surface area (Å²) in [6, 6.07) is 1.60. The summed E-state index contributed by atoms with van der Waals surface area (Å²) in [6.45, 7) is 8.91. The maximum Gasteiger partial charge on any atom is 0.244 e. The number of hydrogen-bond acceptors (Lipinski definition) is 4. The zero-order chi connectivity index (χ0) is 15.9. The van der Waals surface area contributed by atoms with Crippen molar-refractivity contribution >= 4 is 15.7 Å². The van der Waals surface area contributed by atoms with Gasteiger partial charge in [0.25, 0.3) is 0 Å². The highest BCUT2D eigenvalue weighted by atomic mass is 32.2. The van der Waals surface area contributed by atoms with Crippen LogP contribution in [0.4, 0.5) is 5.69 Å². The first-order valence-electron chi connectivity index (χ1n) is 7.60. The molecule has 1 heterocycles. The van der Waals surface area contributed by atoms with Crippen LogP contribution >= 0.6 is 0 Å². The Hall–Kier alpha value is -1.14. The van der Waals surface area contributed by atoms with Crippen molar-refractivity contribution in [1.82, 2.24) is 9.71 Å². The fourth-order valence-corrected chi connectivity index (χ4v) is 3.53. The molecule has 0 aliphatic rings. The largest absolute Gasteiger partial charge is 0.384 e. The van der Waals surface area contributed by atoms with E-state index < -0.39 is 10.0 Å². The van der Waals surface area contributed by atoms with Crippen LogP contribution < -0.4 is 10.0 Å². The first kappa shape index (κ1) is 17.9. The van der Waals surface area contributed by atoms with Gasteiger partial charge in [0.2, 0.25) is 10.0 Å². The van der Waals surface area contributed by atoms with Gasteiger partial charge in [-0.15, -0.1) is 0 Å². The number of hydrogen-bond donors (Lipinski definition) is 2. The predicted octanol–water partition coefficient (Wildman–Crippen LogP) is 3.01. The molecule has 0 aliphatic heterocycles. The second kappa shape index (κ2) is 8.34. The minimum absolute atomic E-state index is 0.0934. The van der Waals surface area contributed by atoms with Gasteiger partial charge in [0.05, 0.1) is 5.69 Å². The van der Waals surface area contributed by atoms with Crippen LogP contribution in [0.2, 0.25) is 0 Å². The van der Waals surface area contributed by atoms with Crippen molar-refractivity contribution in [3.05, 3.63) is 18.5 Å². The Balaban J connectivity index is 2.87. The average Bonchev–Trinajstić information content (AvgIpc) is 2.44. The number of pyridine rings is 1. The van der Waals surface area contributed by atoms with E-state index in [1.807, 2.05) is 13.8 Å². The van der Waals surface area contributed by atoms with Crippen LogP contribution in [0.3, 0.4) is 0 Å². The van der Waals surface area contributed by atoms with Gasteiger partial charge in [0.15, 0.2) is 0 Å². The minimum Gasteiger partial charge on any atom is -0.384 e. The lowest BCUT2D eigenvalue weighted by atomic mass is 10.0. The van der Waals surface area contributed by atoms with E-state index in [-0.39, 0.29) is 10.9 Å². The number of nitrogens with one attached hydrogen (secondary N) is 2. The first-order valence-corrected chi connectivity index (χ1v) is 9.09. The Bertz CT molecular complexity index is 531. The Morgan fingerprint density at radius 3 is 2.62 bits per heavy atom. The van der Waals surface area contributed by atoms with Crippen LogP contribution in [0, 0.1) is 5.92 Å².